The van der Waals surface area contributed by atoms with Crippen LogP contribution in [0.5, 0.6) is 0 Å². The molecular weight excluding hydrogens is 118 g/mol. The molecule has 2 nitrogen and oxygen atoms in total. The van der Waals surface area contributed by atoms with E-state index in [1.165, 1.54) is 0 Å². The van der Waals surface area contributed by atoms with Gasteiger partial charge in [-0.2, -0.15) is 0 Å². The first-order chi connectivity index (χ1) is 3.55. The molecule has 0 aliphatic rings. The summed E-state index contributed by atoms with van der Waals surface area (Å²) in [5.41, 5.74) is 5.44. The predicted octanol–water partition coefficient (Wildman–Crippen LogP) is -1.14. The second-order valence-corrected chi connectivity index (χ2v) is 3.37. The molecule has 0 aromatic heterocycles. The fourth-order valence-corrected chi connectivity index (χ4v) is 1.14. The molecule has 1 unspecified atom stereocenters. The Balaban J connectivity index is 3.64. The van der Waals surface area contributed by atoms with Crippen LogP contribution in [0.3, 0.4) is 0 Å². The van der Waals surface area contributed by atoms with E-state index in [0.717, 1.165) is 0 Å². The number of nitrogens with two attached hydrogens (primary N) is 1. The van der Waals surface area contributed by atoms with E-state index >= 15 is 0 Å². The van der Waals surface area contributed by atoms with E-state index in [1.807, 2.05) is 13.8 Å². The molecular formula is C5H13NOSi. The van der Waals surface area contributed by atoms with Gasteiger partial charge in [0.25, 0.3) is 0 Å². The SMILES string of the molecule is CC(C)C(N)C(=O)[SiH3]. The lowest BCUT2D eigenvalue weighted by atomic mass is 10.1. The normalized spacial score (nSPS) is 14.5. The molecule has 48 valence electrons. The smallest absolute Gasteiger partial charge is 0.117 e. The maximum absolute atomic E-state index is 10.5. The van der Waals surface area contributed by atoms with Crippen LogP contribution in [0, 0.1) is 5.92 Å². The Kier molecular flexibility index (Phi) is 2.93. The van der Waals surface area contributed by atoms with Crippen molar-refractivity contribution in [3.05, 3.63) is 0 Å². The van der Waals surface area contributed by atoms with Gasteiger partial charge in [0.15, 0.2) is 0 Å². The summed E-state index contributed by atoms with van der Waals surface area (Å²) in [7, 11) is 0.587. The number of hydrogen-bond acceptors (Lipinski definition) is 2. The molecule has 0 aromatic carbocycles. The van der Waals surface area contributed by atoms with Gasteiger partial charge in [0, 0.05) is 0 Å². The van der Waals surface area contributed by atoms with Crippen LogP contribution in [0.2, 0.25) is 0 Å². The van der Waals surface area contributed by atoms with Crippen LogP contribution in [-0.2, 0) is 4.79 Å². The second-order valence-electron chi connectivity index (χ2n) is 2.38. The van der Waals surface area contributed by atoms with Gasteiger partial charge in [-0.15, -0.1) is 0 Å². The lowest BCUT2D eigenvalue weighted by Gasteiger charge is -2.10. The van der Waals surface area contributed by atoms with E-state index < -0.39 is 0 Å². The number of carbonyl (C=O) groups is 1. The second kappa shape index (κ2) is 2.99. The van der Waals surface area contributed by atoms with Gasteiger partial charge in [-0.1, -0.05) is 13.8 Å². The van der Waals surface area contributed by atoms with Gasteiger partial charge in [-0.05, 0) is 5.92 Å². The maximum atomic E-state index is 10.5. The highest BCUT2D eigenvalue weighted by Gasteiger charge is 2.10. The van der Waals surface area contributed by atoms with E-state index in [1.54, 1.807) is 0 Å². The Morgan fingerprint density at radius 1 is 1.62 bits per heavy atom. The van der Waals surface area contributed by atoms with Crippen molar-refractivity contribution < 1.29 is 4.79 Å². The highest BCUT2D eigenvalue weighted by molar-refractivity contribution is 6.59. The average Bonchev–Trinajstić information content (AvgIpc) is 1.64. The molecule has 0 heterocycles. The first-order valence-electron chi connectivity index (χ1n) is 2.81. The van der Waals surface area contributed by atoms with Gasteiger partial charge < -0.3 is 10.5 Å². The molecule has 0 aliphatic heterocycles. The zero-order valence-corrected chi connectivity index (χ0v) is 7.64. The van der Waals surface area contributed by atoms with Crippen LogP contribution in [0.25, 0.3) is 0 Å². The van der Waals surface area contributed by atoms with E-state index in [2.05, 4.69) is 0 Å². The van der Waals surface area contributed by atoms with Crippen molar-refractivity contribution in [2.45, 2.75) is 19.9 Å². The molecule has 0 aliphatic carbocycles. The largest absolute Gasteiger partial charge is 0.322 e. The molecule has 0 saturated heterocycles. The van der Waals surface area contributed by atoms with E-state index in [-0.39, 0.29) is 11.4 Å². The molecule has 0 amide bonds. The minimum absolute atomic E-state index is 0.207. The summed E-state index contributed by atoms with van der Waals surface area (Å²) in [6.45, 7) is 3.92. The highest BCUT2D eigenvalue weighted by atomic mass is 28.1. The molecule has 1 atom stereocenters. The third kappa shape index (κ3) is 2.23. The minimum atomic E-state index is -0.207. The molecule has 0 spiro atoms. The van der Waals surface area contributed by atoms with Crippen molar-refractivity contribution in [3.63, 3.8) is 0 Å². The lowest BCUT2D eigenvalue weighted by molar-refractivity contribution is -0.113. The van der Waals surface area contributed by atoms with Crippen LogP contribution in [-0.4, -0.2) is 21.7 Å². The van der Waals surface area contributed by atoms with Gasteiger partial charge in [0.1, 0.15) is 5.41 Å². The van der Waals surface area contributed by atoms with Crippen LogP contribution < -0.4 is 5.73 Å². The fraction of sp³-hybridized carbons (Fsp3) is 0.800. The third-order valence-corrected chi connectivity index (χ3v) is 1.85. The van der Waals surface area contributed by atoms with Crippen molar-refractivity contribution in [1.82, 2.24) is 0 Å². The maximum Gasteiger partial charge on any atom is 0.117 e. The number of rotatable bonds is 2. The molecule has 3 heteroatoms. The predicted molar refractivity (Wildman–Crippen MR) is 37.8 cm³/mol. The molecule has 0 fully saturated rings. The van der Waals surface area contributed by atoms with E-state index in [9.17, 15) is 4.79 Å². The summed E-state index contributed by atoms with van der Waals surface area (Å²) in [5, 5.41) is 0.208. The topological polar surface area (TPSA) is 43.1 Å². The van der Waals surface area contributed by atoms with Crippen molar-refractivity contribution >= 4 is 15.6 Å². The monoisotopic (exact) mass is 131 g/mol. The Hall–Kier alpha value is -0.153. The molecule has 0 radical (unpaired) electrons. The Labute approximate surface area is 52.9 Å². The third-order valence-electron chi connectivity index (χ3n) is 1.19. The molecule has 2 N–H and O–H groups in total. The van der Waals surface area contributed by atoms with Gasteiger partial charge in [0.2, 0.25) is 0 Å². The van der Waals surface area contributed by atoms with E-state index in [4.69, 9.17) is 5.73 Å². The summed E-state index contributed by atoms with van der Waals surface area (Å²) in [5.74, 6) is 0.306. The van der Waals surface area contributed by atoms with Crippen LogP contribution in [0.15, 0.2) is 0 Å². The van der Waals surface area contributed by atoms with Gasteiger partial charge >= 0.3 is 0 Å². The molecule has 0 bridgehead atoms. The van der Waals surface area contributed by atoms with Gasteiger partial charge in [0.05, 0.1) is 16.3 Å². The summed E-state index contributed by atoms with van der Waals surface area (Å²) >= 11 is 0. The van der Waals surface area contributed by atoms with Crippen LogP contribution in [0.4, 0.5) is 0 Å². The standard InChI is InChI=1S/C5H13NOSi/c1-3(2)4(6)5(7)8/h3-4H,6H2,1-2,8H3. The Bertz CT molecular complexity index is 92.4. The Morgan fingerprint density at radius 3 is 2.00 bits per heavy atom. The summed E-state index contributed by atoms with van der Waals surface area (Å²) in [6, 6.07) is -0.207. The minimum Gasteiger partial charge on any atom is -0.322 e. The fourth-order valence-electron chi connectivity index (χ4n) is 0.469. The first-order valence-corrected chi connectivity index (χ1v) is 3.81. The summed E-state index contributed by atoms with van der Waals surface area (Å²) < 4.78 is 0. The molecule has 0 saturated carbocycles. The quantitative estimate of drug-likeness (QED) is 0.481. The van der Waals surface area contributed by atoms with Crippen molar-refractivity contribution in [2.75, 3.05) is 0 Å². The highest BCUT2D eigenvalue weighted by Crippen LogP contribution is 1.96. The molecule has 0 rings (SSSR count). The van der Waals surface area contributed by atoms with Gasteiger partial charge in [-0.3, -0.25) is 0 Å². The van der Waals surface area contributed by atoms with Crippen molar-refractivity contribution in [2.24, 2.45) is 11.7 Å². The molecule has 8 heavy (non-hydrogen) atoms. The summed E-state index contributed by atoms with van der Waals surface area (Å²) in [4.78, 5) is 10.5. The number of hydrogen-bond donors (Lipinski definition) is 1. The first kappa shape index (κ1) is 7.85. The zero-order valence-electron chi connectivity index (χ0n) is 5.64. The van der Waals surface area contributed by atoms with Crippen molar-refractivity contribution in [3.8, 4) is 0 Å². The molecule has 0 aromatic rings. The number of carbonyl (C=O) groups excluding carboxylic acids is 1. The van der Waals surface area contributed by atoms with Crippen molar-refractivity contribution in [1.29, 1.82) is 0 Å². The lowest BCUT2D eigenvalue weighted by Crippen LogP contribution is -2.35. The average molecular weight is 131 g/mol. The summed E-state index contributed by atoms with van der Waals surface area (Å²) in [6.07, 6.45) is 0. The van der Waals surface area contributed by atoms with Crippen LogP contribution in [0.1, 0.15) is 13.8 Å². The van der Waals surface area contributed by atoms with E-state index in [0.29, 0.717) is 16.2 Å². The Morgan fingerprint density at radius 2 is 2.00 bits per heavy atom. The zero-order chi connectivity index (χ0) is 6.73. The van der Waals surface area contributed by atoms with Crippen LogP contribution >= 0.6 is 0 Å². The van der Waals surface area contributed by atoms with Gasteiger partial charge in [-0.25, -0.2) is 0 Å².